The van der Waals surface area contributed by atoms with E-state index >= 15 is 0 Å². The van der Waals surface area contributed by atoms with Crippen LogP contribution in [0.2, 0.25) is 0 Å². The van der Waals surface area contributed by atoms with Crippen molar-refractivity contribution in [1.29, 1.82) is 0 Å². The first-order chi connectivity index (χ1) is 12.8. The fourth-order valence-corrected chi connectivity index (χ4v) is 4.87. The Labute approximate surface area is 166 Å². The Kier molecular flexibility index (Phi) is 6.05. The molecule has 1 aromatic carbocycles. The highest BCUT2D eigenvalue weighted by Crippen LogP contribution is 2.31. The molecule has 0 saturated heterocycles. The molecule has 3 N–H and O–H groups in total. The van der Waals surface area contributed by atoms with Crippen LogP contribution in [0.5, 0.6) is 0 Å². The highest BCUT2D eigenvalue weighted by Gasteiger charge is 2.15. The zero-order chi connectivity index (χ0) is 19.4. The van der Waals surface area contributed by atoms with Gasteiger partial charge in [-0.15, -0.1) is 22.7 Å². The Bertz CT molecular complexity index is 1020. The molecule has 2 aromatic heterocycles. The van der Waals surface area contributed by atoms with E-state index in [1.807, 2.05) is 24.4 Å². The number of rotatable bonds is 7. The van der Waals surface area contributed by atoms with Gasteiger partial charge in [0.1, 0.15) is 0 Å². The van der Waals surface area contributed by atoms with Crippen molar-refractivity contribution < 1.29 is 13.2 Å². The van der Waals surface area contributed by atoms with Gasteiger partial charge >= 0.3 is 0 Å². The van der Waals surface area contributed by atoms with Gasteiger partial charge in [-0.1, -0.05) is 18.2 Å². The van der Waals surface area contributed by atoms with E-state index < -0.39 is 10.0 Å². The van der Waals surface area contributed by atoms with Crippen LogP contribution in [0.1, 0.15) is 15.4 Å². The monoisotopic (exact) mass is 421 g/mol. The maximum absolute atomic E-state index is 12.3. The van der Waals surface area contributed by atoms with Crippen molar-refractivity contribution in [2.75, 3.05) is 6.54 Å². The lowest BCUT2D eigenvalue weighted by molar-refractivity contribution is -0.120. The molecule has 0 atom stereocenters. The number of nitrogens with two attached hydrogens (primary N) is 1. The van der Waals surface area contributed by atoms with E-state index in [1.165, 1.54) is 12.1 Å². The van der Waals surface area contributed by atoms with Crippen LogP contribution >= 0.6 is 22.7 Å². The quantitative estimate of drug-likeness (QED) is 0.612. The highest BCUT2D eigenvalue weighted by atomic mass is 32.2. The van der Waals surface area contributed by atoms with E-state index in [0.717, 1.165) is 26.0 Å². The molecule has 0 radical (unpaired) electrons. The van der Waals surface area contributed by atoms with E-state index in [9.17, 15) is 13.2 Å². The molecule has 142 valence electrons. The molecule has 0 aliphatic carbocycles. The van der Waals surface area contributed by atoms with E-state index in [2.05, 4.69) is 10.3 Å². The van der Waals surface area contributed by atoms with Crippen molar-refractivity contribution in [3.8, 4) is 10.6 Å². The van der Waals surface area contributed by atoms with Crippen LogP contribution in [-0.2, 0) is 27.7 Å². The topological polar surface area (TPSA) is 102 Å². The Hall–Kier alpha value is -2.07. The molecule has 0 unspecified atom stereocenters. The summed E-state index contributed by atoms with van der Waals surface area (Å²) in [5.41, 5.74) is 1.82. The van der Waals surface area contributed by atoms with Crippen LogP contribution in [0.3, 0.4) is 0 Å². The number of nitrogens with one attached hydrogen (secondary N) is 1. The number of aromatic nitrogens is 1. The number of thiophene rings is 1. The van der Waals surface area contributed by atoms with Crippen LogP contribution in [-0.4, -0.2) is 25.9 Å². The van der Waals surface area contributed by atoms with Crippen LogP contribution in [0.4, 0.5) is 0 Å². The number of carbonyl (C=O) groups is 1. The number of amides is 1. The molecule has 2 heterocycles. The predicted molar refractivity (Wildman–Crippen MR) is 108 cm³/mol. The molecule has 0 aliphatic heterocycles. The zero-order valence-corrected chi connectivity index (χ0v) is 17.1. The SMILES string of the molecule is Cc1nc(-c2cccs2)c(CC(=O)NCCc2ccc(S(N)(=O)=O)cc2)s1. The number of sulfonamides is 1. The van der Waals surface area contributed by atoms with Gasteiger partial charge < -0.3 is 5.32 Å². The first kappa shape index (κ1) is 19.7. The third-order valence-electron chi connectivity index (χ3n) is 3.87. The van der Waals surface area contributed by atoms with Crippen molar-refractivity contribution in [2.45, 2.75) is 24.7 Å². The van der Waals surface area contributed by atoms with E-state index in [0.29, 0.717) is 19.4 Å². The number of carbonyl (C=O) groups excluding carboxylic acids is 1. The van der Waals surface area contributed by atoms with Crippen LogP contribution in [0.25, 0.3) is 10.6 Å². The molecule has 3 rings (SSSR count). The van der Waals surface area contributed by atoms with Gasteiger partial charge in [-0.3, -0.25) is 4.79 Å². The Morgan fingerprint density at radius 2 is 1.96 bits per heavy atom. The summed E-state index contributed by atoms with van der Waals surface area (Å²) in [5.74, 6) is -0.0578. The number of hydrogen-bond acceptors (Lipinski definition) is 6. The molecule has 0 fully saturated rings. The third kappa shape index (κ3) is 5.23. The summed E-state index contributed by atoms with van der Waals surface area (Å²) in [6, 6.07) is 10.3. The summed E-state index contributed by atoms with van der Waals surface area (Å²) in [7, 11) is -3.68. The zero-order valence-electron chi connectivity index (χ0n) is 14.6. The first-order valence-electron chi connectivity index (χ1n) is 8.21. The molecule has 27 heavy (non-hydrogen) atoms. The second-order valence-corrected chi connectivity index (χ2v) is 9.74. The maximum Gasteiger partial charge on any atom is 0.238 e. The molecule has 9 heteroatoms. The minimum Gasteiger partial charge on any atom is -0.355 e. The molecule has 0 aliphatic rings. The molecule has 0 bridgehead atoms. The molecule has 0 spiro atoms. The van der Waals surface area contributed by atoms with Crippen LogP contribution < -0.4 is 10.5 Å². The number of aryl methyl sites for hydroxylation is 1. The highest BCUT2D eigenvalue weighted by molar-refractivity contribution is 7.89. The third-order valence-corrected chi connectivity index (χ3v) is 6.64. The van der Waals surface area contributed by atoms with Gasteiger partial charge in [0.25, 0.3) is 0 Å². The smallest absolute Gasteiger partial charge is 0.238 e. The largest absolute Gasteiger partial charge is 0.355 e. The van der Waals surface area contributed by atoms with Crippen molar-refractivity contribution >= 4 is 38.6 Å². The first-order valence-corrected chi connectivity index (χ1v) is 11.5. The van der Waals surface area contributed by atoms with Gasteiger partial charge in [-0.2, -0.15) is 0 Å². The summed E-state index contributed by atoms with van der Waals surface area (Å²) in [5, 5.41) is 10.9. The van der Waals surface area contributed by atoms with Crippen molar-refractivity contribution in [2.24, 2.45) is 5.14 Å². The second-order valence-electron chi connectivity index (χ2n) is 5.95. The van der Waals surface area contributed by atoms with Crippen LogP contribution in [0, 0.1) is 6.92 Å². The van der Waals surface area contributed by atoms with Gasteiger partial charge in [-0.25, -0.2) is 18.5 Å². The molecule has 3 aromatic rings. The molecule has 0 saturated carbocycles. The summed E-state index contributed by atoms with van der Waals surface area (Å²) >= 11 is 3.15. The maximum atomic E-state index is 12.3. The summed E-state index contributed by atoms with van der Waals surface area (Å²) < 4.78 is 22.5. The molecular formula is C18H19N3O3S3. The molecule has 6 nitrogen and oxygen atoms in total. The van der Waals surface area contributed by atoms with Crippen molar-refractivity contribution in [3.05, 3.63) is 57.2 Å². The number of hydrogen-bond donors (Lipinski definition) is 2. The van der Waals surface area contributed by atoms with E-state index in [1.54, 1.807) is 34.8 Å². The minimum absolute atomic E-state index is 0.0578. The van der Waals surface area contributed by atoms with E-state index in [-0.39, 0.29) is 10.8 Å². The second kappa shape index (κ2) is 8.30. The average Bonchev–Trinajstić information content (AvgIpc) is 3.24. The van der Waals surface area contributed by atoms with Crippen molar-refractivity contribution in [1.82, 2.24) is 10.3 Å². The fourth-order valence-electron chi connectivity index (χ4n) is 2.60. The van der Waals surface area contributed by atoms with Gasteiger partial charge in [0, 0.05) is 11.4 Å². The number of primary sulfonamides is 1. The summed E-state index contributed by atoms with van der Waals surface area (Å²) in [4.78, 5) is 19.0. The lowest BCUT2D eigenvalue weighted by Crippen LogP contribution is -2.27. The normalized spacial score (nSPS) is 11.5. The lowest BCUT2D eigenvalue weighted by atomic mass is 10.1. The number of nitrogens with zero attached hydrogens (tertiary/aromatic N) is 1. The van der Waals surface area contributed by atoms with Crippen LogP contribution in [0.15, 0.2) is 46.7 Å². The minimum atomic E-state index is -3.68. The van der Waals surface area contributed by atoms with Gasteiger partial charge in [-0.05, 0) is 42.5 Å². The molecule has 1 amide bonds. The predicted octanol–water partition coefficient (Wildman–Crippen LogP) is 2.73. The summed E-state index contributed by atoms with van der Waals surface area (Å²) in [6.45, 7) is 2.41. The lowest BCUT2D eigenvalue weighted by Gasteiger charge is -2.06. The number of thiazole rings is 1. The van der Waals surface area contributed by atoms with Gasteiger partial charge in [0.15, 0.2) is 0 Å². The van der Waals surface area contributed by atoms with Crippen molar-refractivity contribution in [3.63, 3.8) is 0 Å². The molecular weight excluding hydrogens is 402 g/mol. The Morgan fingerprint density at radius 1 is 1.22 bits per heavy atom. The van der Waals surface area contributed by atoms with Gasteiger partial charge in [0.2, 0.25) is 15.9 Å². The standard InChI is InChI=1S/C18H19N3O3S3/c1-12-21-18(15-3-2-10-25-15)16(26-12)11-17(22)20-9-8-13-4-6-14(7-5-13)27(19,23)24/h2-7,10H,8-9,11H2,1H3,(H,20,22)(H2,19,23,24). The Balaban J connectivity index is 1.55. The van der Waals surface area contributed by atoms with Gasteiger partial charge in [0.05, 0.1) is 26.9 Å². The summed E-state index contributed by atoms with van der Waals surface area (Å²) in [6.07, 6.45) is 0.902. The fraction of sp³-hybridized carbons (Fsp3) is 0.222. The average molecular weight is 422 g/mol. The van der Waals surface area contributed by atoms with E-state index in [4.69, 9.17) is 5.14 Å². The Morgan fingerprint density at radius 3 is 2.59 bits per heavy atom. The number of benzene rings is 1.